The third-order valence-corrected chi connectivity index (χ3v) is 2.69. The quantitative estimate of drug-likeness (QED) is 0.717. The van der Waals surface area contributed by atoms with Gasteiger partial charge in [0, 0.05) is 11.1 Å². The molecule has 0 aromatic heterocycles. The van der Waals surface area contributed by atoms with Crippen molar-refractivity contribution in [1.29, 1.82) is 0 Å². The van der Waals surface area contributed by atoms with Crippen LogP contribution in [0.25, 0.3) is 0 Å². The van der Waals surface area contributed by atoms with Crippen molar-refractivity contribution in [2.45, 2.75) is 13.8 Å². The third-order valence-electron chi connectivity index (χ3n) is 2.69. The largest absolute Gasteiger partial charge is 0.289 e. The average molecular weight is 228 g/mol. The Labute approximate surface area is 99.9 Å². The Kier molecular flexibility index (Phi) is 3.05. The molecule has 2 heteroatoms. The van der Waals surface area contributed by atoms with E-state index >= 15 is 0 Å². The van der Waals surface area contributed by atoms with Gasteiger partial charge in [0.15, 0.2) is 5.78 Å². The molecule has 2 aromatic carbocycles. The van der Waals surface area contributed by atoms with E-state index in [9.17, 15) is 9.18 Å². The number of hydrogen-bond acceptors (Lipinski definition) is 1. The minimum absolute atomic E-state index is 0.134. The van der Waals surface area contributed by atoms with Crippen molar-refractivity contribution in [3.05, 3.63) is 70.5 Å². The van der Waals surface area contributed by atoms with Crippen LogP contribution in [0, 0.1) is 19.7 Å². The summed E-state index contributed by atoms with van der Waals surface area (Å²) in [7, 11) is 0. The zero-order valence-corrected chi connectivity index (χ0v) is 9.83. The molecule has 0 amide bonds. The van der Waals surface area contributed by atoms with E-state index in [4.69, 9.17) is 0 Å². The highest BCUT2D eigenvalue weighted by Gasteiger charge is 2.12. The molecule has 0 aliphatic rings. The van der Waals surface area contributed by atoms with Crippen molar-refractivity contribution in [2.24, 2.45) is 0 Å². The SMILES string of the molecule is Cc1cc(F)cc(C(=O)c2ccccc2C)c1. The summed E-state index contributed by atoms with van der Waals surface area (Å²) in [5.41, 5.74) is 2.68. The van der Waals surface area contributed by atoms with Crippen LogP contribution in [0.15, 0.2) is 42.5 Å². The van der Waals surface area contributed by atoms with Gasteiger partial charge >= 0.3 is 0 Å². The Morgan fingerprint density at radius 2 is 1.76 bits per heavy atom. The van der Waals surface area contributed by atoms with Crippen molar-refractivity contribution in [3.63, 3.8) is 0 Å². The van der Waals surface area contributed by atoms with Crippen molar-refractivity contribution in [1.82, 2.24) is 0 Å². The molecule has 0 N–H and O–H groups in total. The molecular weight excluding hydrogens is 215 g/mol. The van der Waals surface area contributed by atoms with Crippen LogP contribution < -0.4 is 0 Å². The molecule has 0 aliphatic heterocycles. The summed E-state index contributed by atoms with van der Waals surface area (Å²) >= 11 is 0. The first-order chi connectivity index (χ1) is 8.08. The molecule has 2 rings (SSSR count). The molecule has 1 nitrogen and oxygen atoms in total. The van der Waals surface area contributed by atoms with Crippen molar-refractivity contribution in [2.75, 3.05) is 0 Å². The van der Waals surface area contributed by atoms with Crippen LogP contribution in [0.5, 0.6) is 0 Å². The second kappa shape index (κ2) is 4.50. The van der Waals surface area contributed by atoms with Crippen LogP contribution in [0.1, 0.15) is 27.0 Å². The van der Waals surface area contributed by atoms with Gasteiger partial charge in [-0.1, -0.05) is 24.3 Å². The zero-order chi connectivity index (χ0) is 12.4. The van der Waals surface area contributed by atoms with Crippen LogP contribution in [-0.4, -0.2) is 5.78 Å². The molecular formula is C15H13FO. The number of rotatable bonds is 2. The number of hydrogen-bond donors (Lipinski definition) is 0. The molecule has 0 fully saturated rings. The number of ketones is 1. The lowest BCUT2D eigenvalue weighted by Gasteiger charge is -2.05. The van der Waals surface area contributed by atoms with Gasteiger partial charge in [0.1, 0.15) is 5.82 Å². The smallest absolute Gasteiger partial charge is 0.193 e. The van der Waals surface area contributed by atoms with E-state index in [2.05, 4.69) is 0 Å². The van der Waals surface area contributed by atoms with E-state index < -0.39 is 0 Å². The maximum absolute atomic E-state index is 13.3. The molecule has 0 bridgehead atoms. The minimum Gasteiger partial charge on any atom is -0.289 e. The molecule has 0 atom stereocenters. The summed E-state index contributed by atoms with van der Waals surface area (Å²) in [4.78, 5) is 12.2. The van der Waals surface area contributed by atoms with Gasteiger partial charge in [0.2, 0.25) is 0 Å². The predicted octanol–water partition coefficient (Wildman–Crippen LogP) is 3.67. The van der Waals surface area contributed by atoms with Gasteiger partial charge in [-0.05, 0) is 43.2 Å². The van der Waals surface area contributed by atoms with Crippen molar-refractivity contribution < 1.29 is 9.18 Å². The Hall–Kier alpha value is -1.96. The molecule has 17 heavy (non-hydrogen) atoms. The van der Waals surface area contributed by atoms with Crippen LogP contribution in [0.3, 0.4) is 0 Å². The second-order valence-electron chi connectivity index (χ2n) is 4.16. The lowest BCUT2D eigenvalue weighted by Crippen LogP contribution is -2.04. The molecule has 0 saturated carbocycles. The highest BCUT2D eigenvalue weighted by atomic mass is 19.1. The lowest BCUT2D eigenvalue weighted by atomic mass is 9.98. The monoisotopic (exact) mass is 228 g/mol. The molecule has 0 spiro atoms. The number of benzene rings is 2. The van der Waals surface area contributed by atoms with Gasteiger partial charge in [-0.25, -0.2) is 4.39 Å². The summed E-state index contributed by atoms with van der Waals surface area (Å²) in [6, 6.07) is 11.7. The second-order valence-corrected chi connectivity index (χ2v) is 4.16. The lowest BCUT2D eigenvalue weighted by molar-refractivity contribution is 0.103. The highest BCUT2D eigenvalue weighted by molar-refractivity contribution is 6.09. The Morgan fingerprint density at radius 3 is 2.41 bits per heavy atom. The van der Waals surface area contributed by atoms with Gasteiger partial charge in [-0.2, -0.15) is 0 Å². The molecule has 0 radical (unpaired) electrons. The Bertz CT molecular complexity index is 553. The summed E-state index contributed by atoms with van der Waals surface area (Å²) in [6.45, 7) is 3.65. The standard InChI is InChI=1S/C15H13FO/c1-10-7-12(9-13(16)8-10)15(17)14-6-4-3-5-11(14)2/h3-9H,1-2H3. The van der Waals surface area contributed by atoms with Crippen molar-refractivity contribution >= 4 is 5.78 Å². The maximum atomic E-state index is 13.3. The first kappa shape index (κ1) is 11.5. The molecule has 86 valence electrons. The van der Waals surface area contributed by atoms with Crippen LogP contribution in [-0.2, 0) is 0 Å². The van der Waals surface area contributed by atoms with Crippen LogP contribution in [0.4, 0.5) is 4.39 Å². The van der Waals surface area contributed by atoms with Gasteiger partial charge in [0.05, 0.1) is 0 Å². The normalized spacial score (nSPS) is 10.3. The van der Waals surface area contributed by atoms with Gasteiger partial charge in [-0.3, -0.25) is 4.79 Å². The highest BCUT2D eigenvalue weighted by Crippen LogP contribution is 2.16. The minimum atomic E-state index is -0.373. The average Bonchev–Trinajstić information content (AvgIpc) is 2.27. The Morgan fingerprint density at radius 1 is 1.06 bits per heavy atom. The Balaban J connectivity index is 2.48. The topological polar surface area (TPSA) is 17.1 Å². The number of carbonyl (C=O) groups is 1. The van der Waals surface area contributed by atoms with E-state index in [1.807, 2.05) is 25.1 Å². The molecule has 0 unspecified atom stereocenters. The fraction of sp³-hybridized carbons (Fsp3) is 0.133. The number of aryl methyl sites for hydroxylation is 2. The van der Waals surface area contributed by atoms with E-state index in [-0.39, 0.29) is 11.6 Å². The first-order valence-electron chi connectivity index (χ1n) is 5.45. The van der Waals surface area contributed by atoms with E-state index in [1.165, 1.54) is 12.1 Å². The van der Waals surface area contributed by atoms with Gasteiger partial charge < -0.3 is 0 Å². The zero-order valence-electron chi connectivity index (χ0n) is 9.83. The third kappa shape index (κ3) is 2.41. The van der Waals surface area contributed by atoms with Crippen molar-refractivity contribution in [3.8, 4) is 0 Å². The molecule has 0 saturated heterocycles. The fourth-order valence-corrected chi connectivity index (χ4v) is 1.85. The number of halogens is 1. The summed E-state index contributed by atoms with van der Waals surface area (Å²) in [5, 5.41) is 0. The van der Waals surface area contributed by atoms with Crippen LogP contribution >= 0.6 is 0 Å². The van der Waals surface area contributed by atoms with E-state index in [1.54, 1.807) is 19.1 Å². The van der Waals surface area contributed by atoms with Gasteiger partial charge in [0.25, 0.3) is 0 Å². The fourth-order valence-electron chi connectivity index (χ4n) is 1.85. The maximum Gasteiger partial charge on any atom is 0.193 e. The predicted molar refractivity (Wildman–Crippen MR) is 65.7 cm³/mol. The number of carbonyl (C=O) groups excluding carboxylic acids is 1. The van der Waals surface area contributed by atoms with Crippen LogP contribution in [0.2, 0.25) is 0 Å². The summed E-state index contributed by atoms with van der Waals surface area (Å²) < 4.78 is 13.3. The summed E-state index contributed by atoms with van der Waals surface area (Å²) in [6.07, 6.45) is 0. The molecule has 0 aliphatic carbocycles. The van der Waals surface area contributed by atoms with Gasteiger partial charge in [-0.15, -0.1) is 0 Å². The van der Waals surface area contributed by atoms with E-state index in [0.29, 0.717) is 11.1 Å². The first-order valence-corrected chi connectivity index (χ1v) is 5.45. The molecule has 0 heterocycles. The summed E-state index contributed by atoms with van der Waals surface area (Å²) in [5.74, 6) is -0.507. The molecule has 2 aromatic rings. The van der Waals surface area contributed by atoms with E-state index in [0.717, 1.165) is 11.1 Å².